The van der Waals surface area contributed by atoms with Crippen LogP contribution in [0.1, 0.15) is 11.1 Å². The van der Waals surface area contributed by atoms with Crippen LogP contribution in [0.5, 0.6) is 11.5 Å². The lowest BCUT2D eigenvalue weighted by Gasteiger charge is -2.19. The van der Waals surface area contributed by atoms with Gasteiger partial charge in [-0.15, -0.1) is 0 Å². The summed E-state index contributed by atoms with van der Waals surface area (Å²) in [6.45, 7) is -0.436. The molecule has 4 nitrogen and oxygen atoms in total. The van der Waals surface area contributed by atoms with Crippen molar-refractivity contribution in [2.45, 2.75) is 12.3 Å². The molecule has 0 aliphatic heterocycles. The Morgan fingerprint density at radius 3 is 2.38 bits per heavy atom. The number of hydrogen-bond acceptors (Lipinski definition) is 4. The predicted molar refractivity (Wildman–Crippen MR) is 82.8 cm³/mol. The summed E-state index contributed by atoms with van der Waals surface area (Å²) in [5, 5.41) is 16.4. The Balaban J connectivity index is 2.09. The first-order valence-corrected chi connectivity index (χ1v) is 7.11. The van der Waals surface area contributed by atoms with Crippen LogP contribution in [0.25, 0.3) is 0 Å². The molecule has 24 heavy (non-hydrogen) atoms. The highest BCUT2D eigenvalue weighted by molar-refractivity contribution is 5.80. The fraction of sp³-hybridized carbons (Fsp3) is 0.235. The van der Waals surface area contributed by atoms with Crippen LogP contribution in [0.4, 0.5) is 13.2 Å². The van der Waals surface area contributed by atoms with Crippen molar-refractivity contribution in [3.8, 4) is 11.5 Å². The maximum atomic E-state index is 13.0. The Labute approximate surface area is 137 Å². The Bertz CT molecular complexity index is 675. The van der Waals surface area contributed by atoms with Gasteiger partial charge in [-0.3, -0.25) is 0 Å². The minimum absolute atomic E-state index is 0.0197. The molecule has 0 fully saturated rings. The Hall–Kier alpha value is -2.54. The second-order valence-corrected chi connectivity index (χ2v) is 4.94. The number of aliphatic hydroxyl groups is 1. The van der Waals surface area contributed by atoms with Gasteiger partial charge in [-0.05, 0) is 30.3 Å². The van der Waals surface area contributed by atoms with Gasteiger partial charge in [0.15, 0.2) is 6.10 Å². The fourth-order valence-corrected chi connectivity index (χ4v) is 2.00. The van der Waals surface area contributed by atoms with Crippen molar-refractivity contribution in [2.24, 2.45) is 0 Å². The van der Waals surface area contributed by atoms with Crippen molar-refractivity contribution in [2.75, 3.05) is 13.2 Å². The van der Waals surface area contributed by atoms with Crippen molar-refractivity contribution < 1.29 is 27.8 Å². The molecule has 0 saturated carbocycles. The average Bonchev–Trinajstić information content (AvgIpc) is 2.58. The molecule has 0 saturated heterocycles. The van der Waals surface area contributed by atoms with E-state index in [1.165, 1.54) is 6.07 Å². The maximum Gasteiger partial charge on any atom is 0.417 e. The van der Waals surface area contributed by atoms with Crippen LogP contribution in [0.2, 0.25) is 0 Å². The minimum Gasteiger partial charge on any atom is -0.490 e. The van der Waals surface area contributed by atoms with Crippen LogP contribution in [-0.4, -0.2) is 30.6 Å². The zero-order valence-corrected chi connectivity index (χ0v) is 12.6. The van der Waals surface area contributed by atoms with E-state index in [4.69, 9.17) is 14.9 Å². The van der Waals surface area contributed by atoms with Crippen LogP contribution < -0.4 is 9.47 Å². The minimum atomic E-state index is -4.60. The van der Waals surface area contributed by atoms with E-state index in [2.05, 4.69) is 0 Å². The predicted octanol–water partition coefficient (Wildman–Crippen LogP) is 3.52. The third-order valence-electron chi connectivity index (χ3n) is 3.17. The molecule has 2 aromatic carbocycles. The van der Waals surface area contributed by atoms with E-state index in [0.717, 1.165) is 12.1 Å². The van der Waals surface area contributed by atoms with Gasteiger partial charge >= 0.3 is 6.18 Å². The van der Waals surface area contributed by atoms with Crippen molar-refractivity contribution in [1.29, 1.82) is 5.41 Å². The summed E-state index contributed by atoms with van der Waals surface area (Å²) in [6.07, 6.45) is -4.78. The average molecular weight is 339 g/mol. The van der Waals surface area contributed by atoms with Crippen LogP contribution in [0.15, 0.2) is 48.5 Å². The van der Waals surface area contributed by atoms with Gasteiger partial charge in [0, 0.05) is 11.8 Å². The first-order chi connectivity index (χ1) is 11.4. The molecule has 7 heteroatoms. The smallest absolute Gasteiger partial charge is 0.417 e. The van der Waals surface area contributed by atoms with Crippen LogP contribution in [0, 0.1) is 5.41 Å². The van der Waals surface area contributed by atoms with E-state index in [1.54, 1.807) is 24.3 Å². The van der Waals surface area contributed by atoms with E-state index in [1.807, 2.05) is 6.07 Å². The lowest BCUT2D eigenvalue weighted by Crippen LogP contribution is -2.28. The number of benzene rings is 2. The standard InChI is InChI=1S/C17H16F3NO3/c18-17(19,20)16-8-14(7-6-12(16)9-21)24-15(10-22)11-23-13-4-2-1-3-5-13/h1-9,15,21-22H,10-11H2. The Morgan fingerprint density at radius 2 is 1.79 bits per heavy atom. The van der Waals surface area contributed by atoms with Crippen molar-refractivity contribution in [3.63, 3.8) is 0 Å². The van der Waals surface area contributed by atoms with Crippen molar-refractivity contribution in [1.82, 2.24) is 0 Å². The molecule has 0 bridgehead atoms. The third-order valence-corrected chi connectivity index (χ3v) is 3.17. The van der Waals surface area contributed by atoms with Gasteiger partial charge in [-0.25, -0.2) is 0 Å². The topological polar surface area (TPSA) is 62.5 Å². The molecule has 1 atom stereocenters. The molecule has 0 radical (unpaired) electrons. The molecule has 1 unspecified atom stereocenters. The molecular weight excluding hydrogens is 323 g/mol. The number of halogens is 3. The molecular formula is C17H16F3NO3. The number of rotatable bonds is 7. The van der Waals surface area contributed by atoms with Gasteiger partial charge in [-0.1, -0.05) is 18.2 Å². The summed E-state index contributed by atoms with van der Waals surface area (Å²) < 4.78 is 49.7. The van der Waals surface area contributed by atoms with E-state index in [-0.39, 0.29) is 17.9 Å². The van der Waals surface area contributed by atoms with Gasteiger partial charge in [-0.2, -0.15) is 13.2 Å². The second-order valence-electron chi connectivity index (χ2n) is 4.94. The molecule has 0 heterocycles. The van der Waals surface area contributed by atoms with Crippen molar-refractivity contribution in [3.05, 3.63) is 59.7 Å². The molecule has 2 rings (SSSR count). The summed E-state index contributed by atoms with van der Waals surface area (Å²) in [5.41, 5.74) is -1.22. The Kier molecular flexibility index (Phi) is 5.81. The maximum absolute atomic E-state index is 13.0. The first kappa shape index (κ1) is 17.8. The van der Waals surface area contributed by atoms with E-state index >= 15 is 0 Å². The molecule has 0 amide bonds. The SMILES string of the molecule is N=Cc1ccc(OC(CO)COc2ccccc2)cc1C(F)(F)F. The first-order valence-electron chi connectivity index (χ1n) is 7.11. The Morgan fingerprint density at radius 1 is 1.08 bits per heavy atom. The van der Waals surface area contributed by atoms with Gasteiger partial charge in [0.25, 0.3) is 0 Å². The summed E-state index contributed by atoms with van der Waals surface area (Å²) in [5.74, 6) is 0.512. The van der Waals surface area contributed by atoms with Gasteiger partial charge in [0.1, 0.15) is 18.1 Å². The molecule has 0 spiro atoms. The van der Waals surface area contributed by atoms with Gasteiger partial charge < -0.3 is 20.0 Å². The third kappa shape index (κ3) is 4.73. The van der Waals surface area contributed by atoms with Crippen LogP contribution in [0.3, 0.4) is 0 Å². The zero-order valence-electron chi connectivity index (χ0n) is 12.6. The number of para-hydroxylation sites is 1. The fourth-order valence-electron chi connectivity index (χ4n) is 2.00. The van der Waals surface area contributed by atoms with Gasteiger partial charge in [0.05, 0.1) is 12.2 Å². The van der Waals surface area contributed by atoms with E-state index < -0.39 is 24.5 Å². The largest absolute Gasteiger partial charge is 0.490 e. The highest BCUT2D eigenvalue weighted by Crippen LogP contribution is 2.34. The van der Waals surface area contributed by atoms with E-state index in [9.17, 15) is 18.3 Å². The monoisotopic (exact) mass is 339 g/mol. The number of ether oxygens (including phenoxy) is 2. The molecule has 0 aliphatic rings. The quantitative estimate of drug-likeness (QED) is 0.759. The van der Waals surface area contributed by atoms with Gasteiger partial charge in [0.2, 0.25) is 0 Å². The zero-order chi connectivity index (χ0) is 17.6. The second kappa shape index (κ2) is 7.83. The molecule has 2 N–H and O–H groups in total. The highest BCUT2D eigenvalue weighted by atomic mass is 19.4. The number of alkyl halides is 3. The summed E-state index contributed by atoms with van der Waals surface area (Å²) >= 11 is 0. The summed E-state index contributed by atoms with van der Waals surface area (Å²) in [4.78, 5) is 0. The summed E-state index contributed by atoms with van der Waals surface area (Å²) in [7, 11) is 0. The lowest BCUT2D eigenvalue weighted by molar-refractivity contribution is -0.137. The van der Waals surface area contributed by atoms with Crippen molar-refractivity contribution >= 4 is 6.21 Å². The molecule has 0 aromatic heterocycles. The van der Waals surface area contributed by atoms with Crippen LogP contribution in [-0.2, 0) is 6.18 Å². The highest BCUT2D eigenvalue weighted by Gasteiger charge is 2.33. The molecule has 2 aromatic rings. The molecule has 0 aliphatic carbocycles. The lowest BCUT2D eigenvalue weighted by atomic mass is 10.1. The number of nitrogens with one attached hydrogen (secondary N) is 1. The number of aliphatic hydroxyl groups excluding tert-OH is 1. The summed E-state index contributed by atoms with van der Waals surface area (Å²) in [6, 6.07) is 12.1. The van der Waals surface area contributed by atoms with E-state index in [0.29, 0.717) is 12.0 Å². The normalized spacial score (nSPS) is 12.5. The van der Waals surface area contributed by atoms with Crippen LogP contribution >= 0.6 is 0 Å². The molecule has 128 valence electrons. The number of hydrogen-bond donors (Lipinski definition) is 2.